The highest BCUT2D eigenvalue weighted by Crippen LogP contribution is 2.29. The van der Waals surface area contributed by atoms with Crippen LogP contribution in [0.5, 0.6) is 0 Å². The van der Waals surface area contributed by atoms with Gasteiger partial charge >= 0.3 is 0 Å². The fourth-order valence-corrected chi connectivity index (χ4v) is 2.85. The van der Waals surface area contributed by atoms with E-state index in [1.54, 1.807) is 0 Å². The molecule has 1 fully saturated rings. The van der Waals surface area contributed by atoms with Crippen molar-refractivity contribution in [1.82, 2.24) is 0 Å². The summed E-state index contributed by atoms with van der Waals surface area (Å²) >= 11 is 0. The fraction of sp³-hybridized carbons (Fsp3) is 1.00. The molecule has 0 aromatic heterocycles. The average molecular weight is 391 g/mol. The van der Waals surface area contributed by atoms with E-state index < -0.39 is 18.5 Å². The molecule has 1 saturated heterocycles. The number of hydrogen-bond donors (Lipinski definition) is 1. The zero-order chi connectivity index (χ0) is 20.4. The Morgan fingerprint density at radius 1 is 0.778 bits per heavy atom. The normalized spacial score (nSPS) is 29.2. The number of hydrogen-bond acceptors (Lipinski definition) is 6. The summed E-state index contributed by atoms with van der Waals surface area (Å²) in [6.45, 7) is 17.4. The molecule has 0 spiro atoms. The summed E-state index contributed by atoms with van der Waals surface area (Å²) in [5.74, 6) is 1.11. The molecular formula is C21H42O6. The van der Waals surface area contributed by atoms with Crippen LogP contribution in [0.3, 0.4) is 0 Å². The van der Waals surface area contributed by atoms with Gasteiger partial charge in [-0.2, -0.15) is 0 Å². The van der Waals surface area contributed by atoms with E-state index in [4.69, 9.17) is 23.7 Å². The Kier molecular flexibility index (Phi) is 12.0. The highest BCUT2D eigenvalue weighted by Gasteiger charge is 2.48. The van der Waals surface area contributed by atoms with E-state index in [2.05, 4.69) is 48.5 Å². The Morgan fingerprint density at radius 3 is 1.74 bits per heavy atom. The largest absolute Gasteiger partial charge is 0.379 e. The molecule has 1 N–H and O–H groups in total. The molecule has 1 heterocycles. The Bertz CT molecular complexity index is 374. The van der Waals surface area contributed by atoms with Gasteiger partial charge < -0.3 is 28.8 Å². The topological polar surface area (TPSA) is 66.4 Å². The van der Waals surface area contributed by atoms with Crippen LogP contribution in [0.2, 0.25) is 0 Å². The predicted molar refractivity (Wildman–Crippen MR) is 106 cm³/mol. The third-order valence-corrected chi connectivity index (χ3v) is 4.11. The number of ether oxygens (including phenoxy) is 5. The summed E-state index contributed by atoms with van der Waals surface area (Å²) in [5, 5.41) is 10.6. The third kappa shape index (κ3) is 9.20. The van der Waals surface area contributed by atoms with Gasteiger partial charge in [0.2, 0.25) is 0 Å². The van der Waals surface area contributed by atoms with Gasteiger partial charge in [-0.25, -0.2) is 0 Å². The van der Waals surface area contributed by atoms with Gasteiger partial charge in [0.05, 0.1) is 6.61 Å². The maximum atomic E-state index is 10.6. The molecule has 162 valence electrons. The zero-order valence-electron chi connectivity index (χ0n) is 18.3. The predicted octanol–water partition coefficient (Wildman–Crippen LogP) is 3.25. The first-order valence-corrected chi connectivity index (χ1v) is 10.5. The molecule has 0 amide bonds. The fourth-order valence-electron chi connectivity index (χ4n) is 2.85. The Balaban J connectivity index is 2.96. The van der Waals surface area contributed by atoms with Crippen LogP contribution in [0.15, 0.2) is 0 Å². The molecule has 0 aromatic rings. The monoisotopic (exact) mass is 390 g/mol. The number of rotatable bonds is 13. The molecule has 0 aromatic carbocycles. The maximum absolute atomic E-state index is 10.6. The molecule has 1 rings (SSSR count). The number of aliphatic hydroxyl groups is 1. The van der Waals surface area contributed by atoms with E-state index in [-0.39, 0.29) is 12.2 Å². The van der Waals surface area contributed by atoms with Gasteiger partial charge in [0, 0.05) is 26.4 Å². The summed E-state index contributed by atoms with van der Waals surface area (Å²) in [6.07, 6.45) is -1.84. The minimum Gasteiger partial charge on any atom is -0.379 e. The summed E-state index contributed by atoms with van der Waals surface area (Å²) in [7, 11) is 0. The van der Waals surface area contributed by atoms with Crippen molar-refractivity contribution < 1.29 is 28.8 Å². The molecule has 0 bridgehead atoms. The van der Waals surface area contributed by atoms with Crippen molar-refractivity contribution in [2.45, 2.75) is 85.6 Å². The summed E-state index contributed by atoms with van der Waals surface area (Å²) in [5.41, 5.74) is 0. The van der Waals surface area contributed by atoms with E-state index in [1.807, 2.05) is 0 Å². The minimum atomic E-state index is -1.06. The number of aliphatic hydroxyl groups excluding tert-OH is 1. The first-order chi connectivity index (χ1) is 12.8. The average Bonchev–Trinajstić information content (AvgIpc) is 2.57. The highest BCUT2D eigenvalue weighted by molar-refractivity contribution is 4.92. The lowest BCUT2D eigenvalue weighted by Gasteiger charge is -2.45. The molecule has 5 atom stereocenters. The highest BCUT2D eigenvalue weighted by atomic mass is 16.7. The van der Waals surface area contributed by atoms with E-state index in [9.17, 15) is 5.11 Å². The van der Waals surface area contributed by atoms with Crippen molar-refractivity contribution in [2.24, 2.45) is 17.8 Å². The first kappa shape index (κ1) is 24.8. The van der Waals surface area contributed by atoms with Crippen molar-refractivity contribution >= 4 is 0 Å². The van der Waals surface area contributed by atoms with Crippen LogP contribution in [0.4, 0.5) is 0 Å². The van der Waals surface area contributed by atoms with Crippen LogP contribution in [0, 0.1) is 17.8 Å². The lowest BCUT2D eigenvalue weighted by molar-refractivity contribution is -0.314. The second-order valence-corrected chi connectivity index (χ2v) is 8.72. The Morgan fingerprint density at radius 2 is 1.26 bits per heavy atom. The van der Waals surface area contributed by atoms with Crippen LogP contribution in [-0.4, -0.2) is 68.8 Å². The molecule has 5 unspecified atom stereocenters. The summed E-state index contributed by atoms with van der Waals surface area (Å²) in [4.78, 5) is 0. The van der Waals surface area contributed by atoms with Crippen LogP contribution >= 0.6 is 0 Å². The molecule has 27 heavy (non-hydrogen) atoms. The summed E-state index contributed by atoms with van der Waals surface area (Å²) < 4.78 is 29.9. The van der Waals surface area contributed by atoms with Gasteiger partial charge in [0.15, 0.2) is 6.29 Å². The van der Waals surface area contributed by atoms with Crippen LogP contribution in [0.1, 0.15) is 54.9 Å². The second-order valence-electron chi connectivity index (χ2n) is 8.72. The standard InChI is InChI=1S/C21H42O6/c1-8-9-23-13-17-18(24-10-14(2)3)19(25-11-15(4)5)20(21(22)27-17)26-12-16(6)7/h14-22H,8-13H2,1-7H3. The van der Waals surface area contributed by atoms with Crippen molar-refractivity contribution in [2.75, 3.05) is 33.0 Å². The smallest absolute Gasteiger partial charge is 0.184 e. The zero-order valence-corrected chi connectivity index (χ0v) is 18.3. The molecule has 0 aliphatic carbocycles. The molecule has 0 saturated carbocycles. The van der Waals surface area contributed by atoms with Gasteiger partial charge in [0.25, 0.3) is 0 Å². The maximum Gasteiger partial charge on any atom is 0.184 e. The van der Waals surface area contributed by atoms with Crippen molar-refractivity contribution in [3.05, 3.63) is 0 Å². The van der Waals surface area contributed by atoms with Gasteiger partial charge in [0.1, 0.15) is 24.4 Å². The first-order valence-electron chi connectivity index (χ1n) is 10.5. The lowest BCUT2D eigenvalue weighted by Crippen LogP contribution is -2.61. The molecular weight excluding hydrogens is 348 g/mol. The molecule has 0 radical (unpaired) electrons. The molecule has 1 aliphatic heterocycles. The van der Waals surface area contributed by atoms with Crippen molar-refractivity contribution in [3.63, 3.8) is 0 Å². The SMILES string of the molecule is CCCOCC1OC(O)C(OCC(C)C)C(OCC(C)C)C1OCC(C)C. The van der Waals surface area contributed by atoms with Crippen LogP contribution in [-0.2, 0) is 23.7 Å². The minimum absolute atomic E-state index is 0.344. The van der Waals surface area contributed by atoms with E-state index in [0.717, 1.165) is 6.42 Å². The quantitative estimate of drug-likeness (QED) is 0.487. The van der Waals surface area contributed by atoms with Gasteiger partial charge in [-0.1, -0.05) is 48.5 Å². The summed E-state index contributed by atoms with van der Waals surface area (Å²) in [6, 6.07) is 0. The molecule has 1 aliphatic rings. The van der Waals surface area contributed by atoms with Gasteiger partial charge in [-0.15, -0.1) is 0 Å². The van der Waals surface area contributed by atoms with E-state index >= 15 is 0 Å². The Hall–Kier alpha value is -0.240. The Labute approximate surface area is 165 Å². The van der Waals surface area contributed by atoms with Crippen LogP contribution in [0.25, 0.3) is 0 Å². The molecule has 6 nitrogen and oxygen atoms in total. The van der Waals surface area contributed by atoms with Gasteiger partial charge in [-0.05, 0) is 24.2 Å². The lowest BCUT2D eigenvalue weighted by atomic mass is 9.97. The van der Waals surface area contributed by atoms with E-state index in [1.165, 1.54) is 0 Å². The van der Waals surface area contributed by atoms with Crippen molar-refractivity contribution in [3.8, 4) is 0 Å². The molecule has 6 heteroatoms. The van der Waals surface area contributed by atoms with E-state index in [0.29, 0.717) is 50.8 Å². The van der Waals surface area contributed by atoms with Gasteiger partial charge in [-0.3, -0.25) is 0 Å². The second kappa shape index (κ2) is 13.1. The van der Waals surface area contributed by atoms with Crippen molar-refractivity contribution in [1.29, 1.82) is 0 Å². The third-order valence-electron chi connectivity index (χ3n) is 4.11. The van der Waals surface area contributed by atoms with Crippen LogP contribution < -0.4 is 0 Å².